The summed E-state index contributed by atoms with van der Waals surface area (Å²) in [6.45, 7) is 9.09. The summed E-state index contributed by atoms with van der Waals surface area (Å²) < 4.78 is 0. The third-order valence-corrected chi connectivity index (χ3v) is 3.67. The maximum atomic E-state index is 11.6. The van der Waals surface area contributed by atoms with Crippen LogP contribution in [0.15, 0.2) is 24.3 Å². The highest BCUT2D eigenvalue weighted by atomic mass is 16.4. The molecule has 0 bridgehead atoms. The van der Waals surface area contributed by atoms with Crippen LogP contribution in [0.3, 0.4) is 0 Å². The molecule has 1 atom stereocenters. The Balaban J connectivity index is 2.77. The molecule has 0 saturated carbocycles. The minimum atomic E-state index is -1.15. The van der Waals surface area contributed by atoms with Gasteiger partial charge in [0.2, 0.25) is 0 Å². The van der Waals surface area contributed by atoms with E-state index >= 15 is 0 Å². The Bertz CT molecular complexity index is 429. The number of hydrogen-bond acceptors (Lipinski definition) is 4. The molecule has 3 N–H and O–H groups in total. The first-order chi connectivity index (χ1) is 9.43. The lowest BCUT2D eigenvalue weighted by Gasteiger charge is -2.28. The second-order valence-electron chi connectivity index (χ2n) is 4.93. The predicted molar refractivity (Wildman–Crippen MR) is 78.9 cm³/mol. The Morgan fingerprint density at radius 3 is 2.25 bits per heavy atom. The number of aliphatic carboxylic acids is 1. The maximum absolute atomic E-state index is 11.6. The van der Waals surface area contributed by atoms with Gasteiger partial charge in [-0.2, -0.15) is 0 Å². The number of nitrogens with one attached hydrogen (secondary N) is 1. The van der Waals surface area contributed by atoms with Gasteiger partial charge >= 0.3 is 5.97 Å². The number of likely N-dealkylation sites (N-methyl/N-ethyl adjacent to an activating group) is 1. The number of hydrogen-bond donors (Lipinski definition) is 3. The third kappa shape index (κ3) is 3.95. The number of rotatable bonds is 8. The molecule has 20 heavy (non-hydrogen) atoms. The van der Waals surface area contributed by atoms with Crippen molar-refractivity contribution in [2.45, 2.75) is 26.3 Å². The van der Waals surface area contributed by atoms with E-state index in [0.29, 0.717) is 12.1 Å². The van der Waals surface area contributed by atoms with Gasteiger partial charge in [0.05, 0.1) is 0 Å². The largest absolute Gasteiger partial charge is 0.508 e. The number of carbonyl (C=O) groups is 1. The molecule has 0 spiro atoms. The normalized spacial score (nSPS) is 14.2. The molecule has 1 aromatic rings. The van der Waals surface area contributed by atoms with Crippen molar-refractivity contribution in [1.29, 1.82) is 0 Å². The molecule has 1 unspecified atom stereocenters. The lowest BCUT2D eigenvalue weighted by atomic mass is 9.92. The Labute approximate surface area is 120 Å². The molecular weight excluding hydrogens is 256 g/mol. The van der Waals surface area contributed by atoms with Crippen LogP contribution in [-0.2, 0) is 10.3 Å². The van der Waals surface area contributed by atoms with E-state index in [1.807, 2.05) is 0 Å². The van der Waals surface area contributed by atoms with Gasteiger partial charge < -0.3 is 15.1 Å². The van der Waals surface area contributed by atoms with Crippen molar-refractivity contribution in [2.75, 3.05) is 26.2 Å². The van der Waals surface area contributed by atoms with Gasteiger partial charge in [-0.25, -0.2) is 4.79 Å². The highest BCUT2D eigenvalue weighted by Crippen LogP contribution is 2.23. The van der Waals surface area contributed by atoms with Crippen molar-refractivity contribution in [3.05, 3.63) is 29.8 Å². The van der Waals surface area contributed by atoms with Crippen LogP contribution >= 0.6 is 0 Å². The van der Waals surface area contributed by atoms with E-state index in [1.54, 1.807) is 19.1 Å². The van der Waals surface area contributed by atoms with E-state index in [-0.39, 0.29) is 5.75 Å². The first-order valence-corrected chi connectivity index (χ1v) is 6.94. The number of aromatic hydroxyl groups is 1. The average Bonchev–Trinajstić information content (AvgIpc) is 2.44. The highest BCUT2D eigenvalue weighted by molar-refractivity contribution is 5.80. The van der Waals surface area contributed by atoms with E-state index in [4.69, 9.17) is 0 Å². The fourth-order valence-electron chi connectivity index (χ4n) is 2.10. The standard InChI is InChI=1S/C15H24N2O3/c1-4-17(5-2)11-10-16-15(3,14(19)20)12-6-8-13(18)9-7-12/h6-9,16,18H,4-5,10-11H2,1-3H3,(H,19,20). The van der Waals surface area contributed by atoms with Crippen LogP contribution in [0.25, 0.3) is 0 Å². The summed E-state index contributed by atoms with van der Waals surface area (Å²) in [5, 5.41) is 21.9. The molecule has 5 heteroatoms. The second kappa shape index (κ2) is 7.26. The molecule has 0 radical (unpaired) electrons. The van der Waals surface area contributed by atoms with Crippen molar-refractivity contribution in [2.24, 2.45) is 0 Å². The van der Waals surface area contributed by atoms with Gasteiger partial charge in [0, 0.05) is 13.1 Å². The topological polar surface area (TPSA) is 72.8 Å². The molecule has 0 aliphatic heterocycles. The first kappa shape index (κ1) is 16.5. The molecule has 1 aromatic carbocycles. The van der Waals surface area contributed by atoms with Crippen LogP contribution < -0.4 is 5.32 Å². The molecule has 0 amide bonds. The molecule has 0 aliphatic rings. The lowest BCUT2D eigenvalue weighted by molar-refractivity contribution is -0.144. The number of benzene rings is 1. The summed E-state index contributed by atoms with van der Waals surface area (Å²) in [5.74, 6) is -0.799. The van der Waals surface area contributed by atoms with E-state index in [2.05, 4.69) is 24.1 Å². The van der Waals surface area contributed by atoms with Crippen molar-refractivity contribution >= 4 is 5.97 Å². The number of phenols is 1. The monoisotopic (exact) mass is 280 g/mol. The van der Waals surface area contributed by atoms with Crippen LogP contribution in [0.1, 0.15) is 26.3 Å². The molecule has 0 fully saturated rings. The van der Waals surface area contributed by atoms with Gasteiger partial charge in [-0.15, -0.1) is 0 Å². The van der Waals surface area contributed by atoms with Gasteiger partial charge in [0.15, 0.2) is 0 Å². The summed E-state index contributed by atoms with van der Waals surface area (Å²) in [6, 6.07) is 6.27. The average molecular weight is 280 g/mol. The number of carboxylic acids is 1. The predicted octanol–water partition coefficient (Wildman–Crippen LogP) is 1.62. The number of nitrogens with zero attached hydrogens (tertiary/aromatic N) is 1. The Hall–Kier alpha value is -1.59. The van der Waals surface area contributed by atoms with Crippen molar-refractivity contribution in [3.8, 4) is 5.75 Å². The maximum Gasteiger partial charge on any atom is 0.328 e. The molecule has 1 rings (SSSR count). The van der Waals surface area contributed by atoms with Crippen LogP contribution in [-0.4, -0.2) is 47.3 Å². The van der Waals surface area contributed by atoms with Crippen molar-refractivity contribution in [1.82, 2.24) is 10.2 Å². The molecule has 0 aliphatic carbocycles. The smallest absolute Gasteiger partial charge is 0.328 e. The number of carboxylic acid groups (broad SMARTS) is 1. The SMILES string of the molecule is CCN(CC)CCNC(C)(C(=O)O)c1ccc(O)cc1. The van der Waals surface area contributed by atoms with Crippen LogP contribution in [0.2, 0.25) is 0 Å². The second-order valence-corrected chi connectivity index (χ2v) is 4.93. The molecule has 5 nitrogen and oxygen atoms in total. The summed E-state index contributed by atoms with van der Waals surface area (Å²) in [7, 11) is 0. The summed E-state index contributed by atoms with van der Waals surface area (Å²) >= 11 is 0. The summed E-state index contributed by atoms with van der Waals surface area (Å²) in [5.41, 5.74) is -0.525. The van der Waals surface area contributed by atoms with Gasteiger partial charge in [0.1, 0.15) is 11.3 Å². The molecular formula is C15H24N2O3. The van der Waals surface area contributed by atoms with E-state index in [9.17, 15) is 15.0 Å². The fraction of sp³-hybridized carbons (Fsp3) is 0.533. The molecule has 0 heterocycles. The Morgan fingerprint density at radius 2 is 1.80 bits per heavy atom. The van der Waals surface area contributed by atoms with Gasteiger partial charge in [-0.05, 0) is 37.7 Å². The van der Waals surface area contributed by atoms with Crippen LogP contribution in [0.5, 0.6) is 5.75 Å². The lowest BCUT2D eigenvalue weighted by Crippen LogP contribution is -2.49. The molecule has 0 saturated heterocycles. The Morgan fingerprint density at radius 1 is 1.25 bits per heavy atom. The zero-order valence-corrected chi connectivity index (χ0v) is 12.4. The van der Waals surface area contributed by atoms with Crippen molar-refractivity contribution in [3.63, 3.8) is 0 Å². The zero-order valence-electron chi connectivity index (χ0n) is 12.4. The zero-order chi connectivity index (χ0) is 15.2. The molecule has 112 valence electrons. The third-order valence-electron chi connectivity index (χ3n) is 3.67. The van der Waals surface area contributed by atoms with Crippen molar-refractivity contribution < 1.29 is 15.0 Å². The number of phenolic OH excluding ortho intramolecular Hbond substituents is 1. The van der Waals surface area contributed by atoms with E-state index < -0.39 is 11.5 Å². The first-order valence-electron chi connectivity index (χ1n) is 6.94. The quantitative estimate of drug-likeness (QED) is 0.675. The van der Waals surface area contributed by atoms with E-state index in [0.717, 1.165) is 19.6 Å². The van der Waals surface area contributed by atoms with Crippen LogP contribution in [0.4, 0.5) is 0 Å². The molecule has 0 aromatic heterocycles. The Kier molecular flexibility index (Phi) is 5.98. The van der Waals surface area contributed by atoms with Gasteiger partial charge in [-0.1, -0.05) is 26.0 Å². The van der Waals surface area contributed by atoms with Gasteiger partial charge in [0.25, 0.3) is 0 Å². The minimum Gasteiger partial charge on any atom is -0.508 e. The van der Waals surface area contributed by atoms with E-state index in [1.165, 1.54) is 12.1 Å². The summed E-state index contributed by atoms with van der Waals surface area (Å²) in [6.07, 6.45) is 0. The van der Waals surface area contributed by atoms with Gasteiger partial charge in [-0.3, -0.25) is 5.32 Å². The van der Waals surface area contributed by atoms with Crippen LogP contribution in [0, 0.1) is 0 Å². The minimum absolute atomic E-state index is 0.129. The fourth-order valence-corrected chi connectivity index (χ4v) is 2.10. The highest BCUT2D eigenvalue weighted by Gasteiger charge is 2.34. The summed E-state index contributed by atoms with van der Waals surface area (Å²) in [4.78, 5) is 13.8.